The summed E-state index contributed by atoms with van der Waals surface area (Å²) >= 11 is 1.11. The lowest BCUT2D eigenvalue weighted by Gasteiger charge is -2.08. The van der Waals surface area contributed by atoms with Gasteiger partial charge in [0.2, 0.25) is 0 Å². The van der Waals surface area contributed by atoms with Gasteiger partial charge < -0.3 is 15.4 Å². The molecule has 0 atom stereocenters. The summed E-state index contributed by atoms with van der Waals surface area (Å²) in [6.07, 6.45) is -3.76. The van der Waals surface area contributed by atoms with E-state index in [1.807, 2.05) is 0 Å². The van der Waals surface area contributed by atoms with Crippen LogP contribution < -0.4 is 15.4 Å². The Morgan fingerprint density at radius 1 is 1.13 bits per heavy atom. The second-order valence-corrected chi connectivity index (χ2v) is 8.65. The van der Waals surface area contributed by atoms with Gasteiger partial charge in [-0.2, -0.15) is 10.1 Å². The number of nitrogens with zero attached hydrogens (tertiary/aromatic N) is 3. The predicted molar refractivity (Wildman–Crippen MR) is 133 cm³/mol. The van der Waals surface area contributed by atoms with Crippen LogP contribution >= 0.6 is 11.8 Å². The normalized spacial score (nSPS) is 11.7. The molecule has 3 N–H and O–H groups in total. The molecular weight excluding hydrogens is 532 g/mol. The Morgan fingerprint density at radius 2 is 1.89 bits per heavy atom. The van der Waals surface area contributed by atoms with Gasteiger partial charge in [-0.1, -0.05) is 13.0 Å². The molecule has 0 fully saturated rings. The van der Waals surface area contributed by atoms with Gasteiger partial charge in [0.05, 0.1) is 28.4 Å². The van der Waals surface area contributed by atoms with Crippen LogP contribution in [0.25, 0.3) is 11.3 Å². The molecule has 0 saturated heterocycles. The van der Waals surface area contributed by atoms with Gasteiger partial charge >= 0.3 is 12.4 Å². The number of aromatic nitrogens is 3. The average molecular weight is 553 g/mol. The molecule has 0 saturated carbocycles. The molecule has 2 aromatic heterocycles. The Hall–Kier alpha value is -4.27. The maximum Gasteiger partial charge on any atom is 0.573 e. The molecule has 0 aliphatic carbocycles. The zero-order valence-electron chi connectivity index (χ0n) is 19.9. The Labute approximate surface area is 217 Å². The van der Waals surface area contributed by atoms with E-state index in [-0.39, 0.29) is 28.7 Å². The van der Waals surface area contributed by atoms with Crippen molar-refractivity contribution in [1.82, 2.24) is 15.2 Å². The molecule has 10 nitrogen and oxygen atoms in total. The zero-order chi connectivity index (χ0) is 27.9. The van der Waals surface area contributed by atoms with E-state index in [0.717, 1.165) is 36.2 Å². The fourth-order valence-corrected chi connectivity index (χ4v) is 3.53. The lowest BCUT2D eigenvalue weighted by atomic mass is 10.1. The standard InChI is InChI=1S/C23H20F4N6O4S/c1-3-14(34)11-38-12(2)29-22(36)30-17-6-4-13(8-16(17)24)19-9-20(33-32-19)31-21(35)18-7-5-15(10-28-18)37-23(25,26)27/h4-10H,3,11H2,1-2H3,(H,30,36)(H2,31,32,33,35)/b29-12-. The second-order valence-electron chi connectivity index (χ2n) is 7.48. The van der Waals surface area contributed by atoms with Crippen LogP contribution in [-0.4, -0.2) is 50.1 Å². The molecule has 1 aromatic carbocycles. The van der Waals surface area contributed by atoms with Gasteiger partial charge in [-0.3, -0.25) is 14.7 Å². The number of pyridine rings is 1. The number of aromatic amines is 1. The Balaban J connectivity index is 1.61. The third kappa shape index (κ3) is 8.40. The number of carbonyl (C=O) groups excluding carboxylic acids is 3. The summed E-state index contributed by atoms with van der Waals surface area (Å²) in [5.41, 5.74) is 0.351. The smallest absolute Gasteiger partial charge is 0.404 e. The van der Waals surface area contributed by atoms with Gasteiger partial charge in [-0.15, -0.1) is 24.9 Å². The number of aliphatic imine (C=N–C) groups is 1. The van der Waals surface area contributed by atoms with Crippen molar-refractivity contribution in [2.24, 2.45) is 4.99 Å². The maximum atomic E-state index is 14.6. The first-order valence-corrected chi connectivity index (χ1v) is 11.8. The van der Waals surface area contributed by atoms with E-state index < -0.39 is 29.9 Å². The summed E-state index contributed by atoms with van der Waals surface area (Å²) < 4.78 is 55.0. The van der Waals surface area contributed by atoms with Crippen LogP contribution in [0, 0.1) is 5.82 Å². The third-order valence-electron chi connectivity index (χ3n) is 4.64. The number of H-pyrrole nitrogens is 1. The number of benzene rings is 1. The largest absolute Gasteiger partial charge is 0.573 e. The van der Waals surface area contributed by atoms with Crippen molar-refractivity contribution in [3.63, 3.8) is 0 Å². The van der Waals surface area contributed by atoms with Crippen molar-refractivity contribution >= 4 is 46.0 Å². The number of hydrogen-bond donors (Lipinski definition) is 3. The van der Waals surface area contributed by atoms with Crippen molar-refractivity contribution in [1.29, 1.82) is 0 Å². The van der Waals surface area contributed by atoms with Crippen molar-refractivity contribution < 1.29 is 36.7 Å². The first-order chi connectivity index (χ1) is 17.9. The summed E-state index contributed by atoms with van der Waals surface area (Å²) in [6.45, 7) is 3.30. The van der Waals surface area contributed by atoms with E-state index in [9.17, 15) is 31.9 Å². The minimum Gasteiger partial charge on any atom is -0.404 e. The number of carbonyl (C=O) groups is 3. The highest BCUT2D eigenvalue weighted by Crippen LogP contribution is 2.25. The average Bonchev–Trinajstić information content (AvgIpc) is 3.31. The molecule has 0 unspecified atom stereocenters. The first-order valence-electron chi connectivity index (χ1n) is 10.8. The van der Waals surface area contributed by atoms with Crippen molar-refractivity contribution in [3.05, 3.63) is 54.1 Å². The molecular formula is C23H20F4N6O4S. The van der Waals surface area contributed by atoms with E-state index in [2.05, 4.69) is 35.5 Å². The quantitative estimate of drug-likeness (QED) is 0.193. The molecule has 15 heteroatoms. The van der Waals surface area contributed by atoms with E-state index in [1.54, 1.807) is 13.8 Å². The minimum absolute atomic E-state index is 0.0124. The number of amides is 3. The lowest BCUT2D eigenvalue weighted by molar-refractivity contribution is -0.274. The molecule has 3 amide bonds. The van der Waals surface area contributed by atoms with Crippen LogP contribution in [0.15, 0.2) is 47.6 Å². The molecule has 38 heavy (non-hydrogen) atoms. The van der Waals surface area contributed by atoms with Gasteiger partial charge in [-0.05, 0) is 31.2 Å². The Kier molecular flexibility index (Phi) is 9.17. The number of rotatable bonds is 8. The molecule has 0 bridgehead atoms. The number of nitrogens with one attached hydrogen (secondary N) is 3. The number of anilines is 2. The van der Waals surface area contributed by atoms with Crippen LogP contribution in [0.4, 0.5) is 33.9 Å². The van der Waals surface area contributed by atoms with Crippen LogP contribution in [0.3, 0.4) is 0 Å². The van der Waals surface area contributed by atoms with Crippen molar-refractivity contribution in [3.8, 4) is 17.0 Å². The van der Waals surface area contributed by atoms with E-state index in [1.165, 1.54) is 18.2 Å². The summed E-state index contributed by atoms with van der Waals surface area (Å²) in [5.74, 6) is -1.85. The highest BCUT2D eigenvalue weighted by atomic mass is 32.2. The first kappa shape index (κ1) is 28.3. The Morgan fingerprint density at radius 3 is 2.53 bits per heavy atom. The minimum atomic E-state index is -4.89. The summed E-state index contributed by atoms with van der Waals surface area (Å²) in [6, 6.07) is 6.51. The molecule has 200 valence electrons. The number of ketones is 1. The molecule has 0 radical (unpaired) electrons. The molecule has 3 aromatic rings. The van der Waals surface area contributed by atoms with E-state index in [0.29, 0.717) is 22.7 Å². The zero-order valence-corrected chi connectivity index (χ0v) is 20.7. The van der Waals surface area contributed by atoms with Crippen LogP contribution in [0.2, 0.25) is 0 Å². The van der Waals surface area contributed by atoms with Crippen LogP contribution in [0.1, 0.15) is 30.8 Å². The topological polar surface area (TPSA) is 138 Å². The number of urea groups is 1. The lowest BCUT2D eigenvalue weighted by Crippen LogP contribution is -2.18. The van der Waals surface area contributed by atoms with Crippen molar-refractivity contribution in [2.45, 2.75) is 26.6 Å². The van der Waals surface area contributed by atoms with E-state index >= 15 is 0 Å². The maximum absolute atomic E-state index is 14.6. The predicted octanol–water partition coefficient (Wildman–Crippen LogP) is 5.42. The second kappa shape index (κ2) is 12.3. The third-order valence-corrected chi connectivity index (χ3v) is 5.61. The monoisotopic (exact) mass is 552 g/mol. The fourth-order valence-electron chi connectivity index (χ4n) is 2.81. The summed E-state index contributed by atoms with van der Waals surface area (Å²) in [5, 5.41) is 11.6. The summed E-state index contributed by atoms with van der Waals surface area (Å²) in [7, 11) is 0. The highest BCUT2D eigenvalue weighted by molar-refractivity contribution is 8.14. The van der Waals surface area contributed by atoms with Gasteiger partial charge in [0.25, 0.3) is 5.91 Å². The molecule has 0 aliphatic rings. The number of ether oxygens (including phenoxy) is 1. The van der Waals surface area contributed by atoms with Gasteiger partial charge in [0.15, 0.2) is 5.82 Å². The molecule has 0 spiro atoms. The van der Waals surface area contributed by atoms with Gasteiger partial charge in [0.1, 0.15) is 23.0 Å². The highest BCUT2D eigenvalue weighted by Gasteiger charge is 2.31. The Bertz CT molecular complexity index is 1360. The number of Topliss-reactive ketones (excluding diaryl/α,β-unsaturated/α-hetero) is 1. The van der Waals surface area contributed by atoms with Gasteiger partial charge in [0, 0.05) is 18.1 Å². The van der Waals surface area contributed by atoms with Crippen LogP contribution in [-0.2, 0) is 4.79 Å². The molecule has 0 aliphatic heterocycles. The molecule has 3 rings (SSSR count). The number of thioether (sulfide) groups is 1. The number of hydrogen-bond acceptors (Lipinski definition) is 7. The van der Waals surface area contributed by atoms with E-state index in [4.69, 9.17) is 0 Å². The number of alkyl halides is 3. The summed E-state index contributed by atoms with van der Waals surface area (Å²) in [4.78, 5) is 43.1. The van der Waals surface area contributed by atoms with Gasteiger partial charge in [-0.25, -0.2) is 14.2 Å². The SMILES string of the molecule is CCC(=O)CS/C(C)=N\C(=O)Nc1ccc(-c2cc(NC(=O)c3ccc(OC(F)(F)F)cn3)n[nH]2)cc1F. The number of halogens is 4. The molecule has 2 heterocycles. The fraction of sp³-hybridized carbons (Fsp3) is 0.217. The van der Waals surface area contributed by atoms with Crippen LogP contribution in [0.5, 0.6) is 5.75 Å². The van der Waals surface area contributed by atoms with Crippen molar-refractivity contribution in [2.75, 3.05) is 16.4 Å².